The van der Waals surface area contributed by atoms with Crippen LogP contribution >= 0.6 is 0 Å². The van der Waals surface area contributed by atoms with Crippen molar-refractivity contribution in [3.05, 3.63) is 71.8 Å². The standard InChI is InChI=1S/C29H39N3O2/c1-3-26(24-14-8-5-9-15-24)29(34)32-20-18-31(19-21-32)27(25-16-10-11-17-25)28(33)30-22(2)23-12-6-4-7-13-23/h4-9,12-15,22,25-27H,3,10-11,16-21H2,1-2H3,(H,30,33)/t22-,26-,27-/m0/s1. The minimum absolute atomic E-state index is 0.0170. The Kier molecular flexibility index (Phi) is 8.39. The molecule has 1 saturated heterocycles. The number of piperazine rings is 1. The molecule has 5 heteroatoms. The number of amides is 2. The lowest BCUT2D eigenvalue weighted by atomic mass is 9.93. The Balaban J connectivity index is 1.41. The molecule has 1 heterocycles. The lowest BCUT2D eigenvalue weighted by Gasteiger charge is -2.42. The van der Waals surface area contributed by atoms with Crippen LogP contribution in [0.15, 0.2) is 60.7 Å². The zero-order valence-electron chi connectivity index (χ0n) is 20.7. The molecule has 5 nitrogen and oxygen atoms in total. The Morgan fingerprint density at radius 2 is 1.44 bits per heavy atom. The fraction of sp³-hybridized carbons (Fsp3) is 0.517. The van der Waals surface area contributed by atoms with Crippen LogP contribution in [0.2, 0.25) is 0 Å². The van der Waals surface area contributed by atoms with Gasteiger partial charge in [0.15, 0.2) is 0 Å². The first-order chi connectivity index (χ1) is 16.6. The molecule has 1 saturated carbocycles. The lowest BCUT2D eigenvalue weighted by Crippen LogP contribution is -2.58. The van der Waals surface area contributed by atoms with E-state index < -0.39 is 0 Å². The number of carbonyl (C=O) groups excluding carboxylic acids is 2. The van der Waals surface area contributed by atoms with Crippen molar-refractivity contribution in [2.45, 2.75) is 64.0 Å². The van der Waals surface area contributed by atoms with Crippen LogP contribution in [0, 0.1) is 5.92 Å². The Labute approximate surface area is 204 Å². The van der Waals surface area contributed by atoms with Gasteiger partial charge in [-0.3, -0.25) is 14.5 Å². The fourth-order valence-electron chi connectivity index (χ4n) is 5.75. The van der Waals surface area contributed by atoms with E-state index >= 15 is 0 Å². The van der Waals surface area contributed by atoms with Crippen LogP contribution < -0.4 is 5.32 Å². The highest BCUT2D eigenvalue weighted by molar-refractivity contribution is 5.84. The average Bonchev–Trinajstić information content (AvgIpc) is 3.40. The number of carbonyl (C=O) groups is 2. The Bertz CT molecular complexity index is 919. The van der Waals surface area contributed by atoms with Gasteiger partial charge in [-0.05, 0) is 43.2 Å². The van der Waals surface area contributed by atoms with E-state index in [0.717, 1.165) is 43.5 Å². The van der Waals surface area contributed by atoms with E-state index in [1.165, 1.54) is 12.8 Å². The molecule has 0 aromatic heterocycles. The van der Waals surface area contributed by atoms with Crippen molar-refractivity contribution >= 4 is 11.8 Å². The lowest BCUT2D eigenvalue weighted by molar-refractivity contribution is -0.136. The summed E-state index contributed by atoms with van der Waals surface area (Å²) < 4.78 is 0. The zero-order chi connectivity index (χ0) is 23.9. The van der Waals surface area contributed by atoms with Crippen molar-refractivity contribution in [3.8, 4) is 0 Å². The molecule has 2 amide bonds. The van der Waals surface area contributed by atoms with Crippen molar-refractivity contribution in [1.29, 1.82) is 0 Å². The van der Waals surface area contributed by atoms with Crippen LogP contribution in [0.3, 0.4) is 0 Å². The highest BCUT2D eigenvalue weighted by Gasteiger charge is 2.38. The average molecular weight is 462 g/mol. The summed E-state index contributed by atoms with van der Waals surface area (Å²) in [5.74, 6) is 0.665. The molecular weight excluding hydrogens is 422 g/mol. The Morgan fingerprint density at radius 3 is 2.00 bits per heavy atom. The summed E-state index contributed by atoms with van der Waals surface area (Å²) in [6.45, 7) is 7.03. The van der Waals surface area contributed by atoms with Crippen LogP contribution in [0.5, 0.6) is 0 Å². The first-order valence-electron chi connectivity index (χ1n) is 13.0. The normalized spacial score (nSPS) is 20.0. The summed E-state index contributed by atoms with van der Waals surface area (Å²) in [6.07, 6.45) is 5.44. The molecule has 4 rings (SSSR count). The van der Waals surface area contributed by atoms with Crippen LogP contribution in [-0.4, -0.2) is 53.8 Å². The Morgan fingerprint density at radius 1 is 0.882 bits per heavy atom. The van der Waals surface area contributed by atoms with E-state index in [1.54, 1.807) is 0 Å². The minimum atomic E-state index is -0.109. The summed E-state index contributed by atoms with van der Waals surface area (Å²) in [7, 11) is 0. The smallest absolute Gasteiger partial charge is 0.238 e. The molecule has 0 bridgehead atoms. The van der Waals surface area contributed by atoms with Crippen molar-refractivity contribution in [2.24, 2.45) is 5.92 Å². The number of hydrogen-bond acceptors (Lipinski definition) is 3. The summed E-state index contributed by atoms with van der Waals surface area (Å²) in [6, 6.07) is 20.1. The van der Waals surface area contributed by atoms with Gasteiger partial charge in [-0.1, -0.05) is 80.4 Å². The highest BCUT2D eigenvalue weighted by atomic mass is 16.2. The van der Waals surface area contributed by atoms with Gasteiger partial charge in [-0.15, -0.1) is 0 Å². The topological polar surface area (TPSA) is 52.7 Å². The van der Waals surface area contributed by atoms with Crippen LogP contribution in [-0.2, 0) is 9.59 Å². The predicted molar refractivity (Wildman–Crippen MR) is 136 cm³/mol. The molecule has 0 spiro atoms. The molecule has 2 aromatic carbocycles. The maximum absolute atomic E-state index is 13.5. The molecule has 3 atom stereocenters. The third-order valence-corrected chi connectivity index (χ3v) is 7.70. The molecule has 1 aliphatic heterocycles. The second kappa shape index (κ2) is 11.7. The molecule has 2 fully saturated rings. The van der Waals surface area contributed by atoms with E-state index in [1.807, 2.05) is 41.3 Å². The van der Waals surface area contributed by atoms with Crippen molar-refractivity contribution in [2.75, 3.05) is 26.2 Å². The molecule has 34 heavy (non-hydrogen) atoms. The van der Waals surface area contributed by atoms with Crippen LogP contribution in [0.4, 0.5) is 0 Å². The van der Waals surface area contributed by atoms with Gasteiger partial charge in [0.25, 0.3) is 0 Å². The van der Waals surface area contributed by atoms with Gasteiger partial charge in [0.2, 0.25) is 11.8 Å². The second-order valence-corrected chi connectivity index (χ2v) is 9.86. The van der Waals surface area contributed by atoms with E-state index in [0.29, 0.717) is 19.0 Å². The Hall–Kier alpha value is -2.66. The number of benzene rings is 2. The second-order valence-electron chi connectivity index (χ2n) is 9.86. The van der Waals surface area contributed by atoms with Crippen molar-refractivity contribution < 1.29 is 9.59 Å². The summed E-state index contributed by atoms with van der Waals surface area (Å²) in [4.78, 5) is 31.2. The van der Waals surface area contributed by atoms with Crippen molar-refractivity contribution in [3.63, 3.8) is 0 Å². The number of nitrogens with one attached hydrogen (secondary N) is 1. The summed E-state index contributed by atoms with van der Waals surface area (Å²) in [5.41, 5.74) is 2.22. The van der Waals surface area contributed by atoms with E-state index in [-0.39, 0.29) is 29.8 Å². The number of rotatable bonds is 8. The fourth-order valence-corrected chi connectivity index (χ4v) is 5.75. The predicted octanol–water partition coefficient (Wildman–Crippen LogP) is 4.76. The van der Waals surface area contributed by atoms with Gasteiger partial charge >= 0.3 is 0 Å². The summed E-state index contributed by atoms with van der Waals surface area (Å²) >= 11 is 0. The molecule has 182 valence electrons. The maximum atomic E-state index is 13.5. The molecule has 0 unspecified atom stereocenters. The van der Waals surface area contributed by atoms with Crippen molar-refractivity contribution in [1.82, 2.24) is 15.1 Å². The van der Waals surface area contributed by atoms with Crippen LogP contribution in [0.1, 0.15) is 69.0 Å². The molecule has 1 aliphatic carbocycles. The van der Waals surface area contributed by atoms with Gasteiger partial charge in [0.1, 0.15) is 0 Å². The van der Waals surface area contributed by atoms with E-state index in [2.05, 4.69) is 48.3 Å². The van der Waals surface area contributed by atoms with Gasteiger partial charge in [0, 0.05) is 26.2 Å². The number of hydrogen-bond donors (Lipinski definition) is 1. The first kappa shape index (κ1) is 24.5. The third kappa shape index (κ3) is 5.69. The molecule has 2 aromatic rings. The van der Waals surface area contributed by atoms with Gasteiger partial charge in [-0.25, -0.2) is 0 Å². The van der Waals surface area contributed by atoms with Gasteiger partial charge < -0.3 is 10.2 Å². The summed E-state index contributed by atoms with van der Waals surface area (Å²) in [5, 5.41) is 3.29. The van der Waals surface area contributed by atoms with Gasteiger partial charge in [0.05, 0.1) is 18.0 Å². The number of nitrogens with zero attached hydrogens (tertiary/aromatic N) is 2. The largest absolute Gasteiger partial charge is 0.348 e. The molecule has 0 radical (unpaired) electrons. The monoisotopic (exact) mass is 461 g/mol. The van der Waals surface area contributed by atoms with Crippen LogP contribution in [0.25, 0.3) is 0 Å². The van der Waals surface area contributed by atoms with E-state index in [9.17, 15) is 9.59 Å². The first-order valence-corrected chi connectivity index (χ1v) is 13.0. The third-order valence-electron chi connectivity index (χ3n) is 7.70. The van der Waals surface area contributed by atoms with E-state index in [4.69, 9.17) is 0 Å². The zero-order valence-corrected chi connectivity index (χ0v) is 20.7. The quantitative estimate of drug-likeness (QED) is 0.617. The highest BCUT2D eigenvalue weighted by Crippen LogP contribution is 2.32. The molecule has 2 aliphatic rings. The molecule has 1 N–H and O–H groups in total. The molecular formula is C29H39N3O2. The maximum Gasteiger partial charge on any atom is 0.238 e. The minimum Gasteiger partial charge on any atom is -0.348 e. The van der Waals surface area contributed by atoms with Gasteiger partial charge in [-0.2, -0.15) is 0 Å². The SMILES string of the molecule is CC[C@H](C(=O)N1CCN([C@H](C(=O)N[C@@H](C)c2ccccc2)C2CCCC2)CC1)c1ccccc1.